The Morgan fingerprint density at radius 3 is 2.81 bits per heavy atom. The number of H-pyrrole nitrogens is 1. The molecule has 2 aromatic rings. The number of aliphatic hydroxyl groups is 1. The average Bonchev–Trinajstić information content (AvgIpc) is 3.01. The van der Waals surface area contributed by atoms with Crippen LogP contribution in [-0.2, 0) is 6.42 Å². The van der Waals surface area contributed by atoms with Gasteiger partial charge in [-0.15, -0.1) is 0 Å². The van der Waals surface area contributed by atoms with E-state index in [2.05, 4.69) is 32.3 Å². The first-order valence-corrected chi connectivity index (χ1v) is 6.62. The largest absolute Gasteiger partial charge is 0.395 e. The second-order valence-electron chi connectivity index (χ2n) is 4.29. The Labute approximate surface area is 122 Å². The summed E-state index contributed by atoms with van der Waals surface area (Å²) in [5.41, 5.74) is 1.40. The van der Waals surface area contributed by atoms with Crippen LogP contribution in [0.3, 0.4) is 0 Å². The van der Waals surface area contributed by atoms with Crippen LogP contribution in [0.5, 0.6) is 0 Å². The molecular formula is C15H16N4O2. The number of nitrogens with one attached hydrogen (secondary N) is 2. The highest BCUT2D eigenvalue weighted by atomic mass is 16.2. The first-order valence-electron chi connectivity index (χ1n) is 6.62. The number of carbonyl (C=O) groups is 1. The number of aliphatic hydroxyl groups excluding tert-OH is 1. The van der Waals surface area contributed by atoms with Gasteiger partial charge in [-0.3, -0.25) is 9.89 Å². The molecule has 108 valence electrons. The number of aromatic amines is 1. The maximum absolute atomic E-state index is 11.9. The average molecular weight is 284 g/mol. The molecule has 1 amide bonds. The van der Waals surface area contributed by atoms with E-state index in [0.717, 1.165) is 11.4 Å². The van der Waals surface area contributed by atoms with Crippen molar-refractivity contribution in [1.29, 1.82) is 0 Å². The summed E-state index contributed by atoms with van der Waals surface area (Å²) >= 11 is 0. The second-order valence-corrected chi connectivity index (χ2v) is 4.29. The van der Waals surface area contributed by atoms with E-state index in [1.807, 2.05) is 0 Å². The van der Waals surface area contributed by atoms with Crippen LogP contribution in [0.1, 0.15) is 28.2 Å². The minimum Gasteiger partial charge on any atom is -0.395 e. The van der Waals surface area contributed by atoms with Crippen LogP contribution in [0.4, 0.5) is 0 Å². The van der Waals surface area contributed by atoms with Gasteiger partial charge in [-0.2, -0.15) is 5.10 Å². The second kappa shape index (κ2) is 7.82. The minimum absolute atomic E-state index is 0.0542. The van der Waals surface area contributed by atoms with Crippen molar-refractivity contribution in [2.45, 2.75) is 12.8 Å². The van der Waals surface area contributed by atoms with Crippen LogP contribution in [0, 0.1) is 11.8 Å². The third-order valence-corrected chi connectivity index (χ3v) is 2.73. The molecule has 0 spiro atoms. The molecular weight excluding hydrogens is 268 g/mol. The van der Waals surface area contributed by atoms with Gasteiger partial charge in [0.25, 0.3) is 5.91 Å². The number of benzene rings is 1. The van der Waals surface area contributed by atoms with Crippen LogP contribution in [0.2, 0.25) is 0 Å². The van der Waals surface area contributed by atoms with Crippen molar-refractivity contribution >= 4 is 5.91 Å². The lowest BCUT2D eigenvalue weighted by molar-refractivity contribution is 0.0954. The van der Waals surface area contributed by atoms with Gasteiger partial charge in [-0.25, -0.2) is 4.98 Å². The number of carbonyl (C=O) groups excluding carboxylic acids is 1. The summed E-state index contributed by atoms with van der Waals surface area (Å²) in [6, 6.07) is 7.03. The lowest BCUT2D eigenvalue weighted by Gasteiger charge is -2.04. The van der Waals surface area contributed by atoms with Crippen LogP contribution < -0.4 is 5.32 Å². The fourth-order valence-corrected chi connectivity index (χ4v) is 1.67. The Bertz CT molecular complexity index is 624. The van der Waals surface area contributed by atoms with Gasteiger partial charge in [-0.05, 0) is 24.3 Å². The summed E-state index contributed by atoms with van der Waals surface area (Å²) in [7, 11) is 0. The van der Waals surface area contributed by atoms with Gasteiger partial charge in [-0.1, -0.05) is 11.8 Å². The number of nitrogens with zero attached hydrogens (tertiary/aromatic N) is 2. The van der Waals surface area contributed by atoms with Crippen LogP contribution in [-0.4, -0.2) is 39.3 Å². The van der Waals surface area contributed by atoms with Crippen molar-refractivity contribution in [3.05, 3.63) is 47.5 Å². The minimum atomic E-state index is -0.135. The molecule has 21 heavy (non-hydrogen) atoms. The van der Waals surface area contributed by atoms with Gasteiger partial charge in [0.05, 0.1) is 6.61 Å². The topological polar surface area (TPSA) is 90.9 Å². The Kier molecular flexibility index (Phi) is 5.50. The molecule has 0 aliphatic heterocycles. The first kappa shape index (κ1) is 14.8. The van der Waals surface area contributed by atoms with E-state index in [1.165, 1.54) is 6.33 Å². The van der Waals surface area contributed by atoms with E-state index in [1.54, 1.807) is 24.3 Å². The SMILES string of the molecule is O=C(NCCc1ncn[nH]1)c1ccc(C#CCCO)cc1. The molecule has 3 N–H and O–H groups in total. The third-order valence-electron chi connectivity index (χ3n) is 2.73. The molecule has 0 bridgehead atoms. The summed E-state index contributed by atoms with van der Waals surface area (Å²) in [6.07, 6.45) is 2.49. The van der Waals surface area contributed by atoms with Crippen molar-refractivity contribution in [3.8, 4) is 11.8 Å². The molecule has 0 aliphatic carbocycles. The standard InChI is InChI=1S/C15H16N4O2/c20-10-2-1-3-12-4-6-13(7-5-12)15(21)16-9-8-14-17-11-18-19-14/h4-7,11,20H,2,8-10H2,(H,16,21)(H,17,18,19). The van der Waals surface area contributed by atoms with Crippen molar-refractivity contribution in [3.63, 3.8) is 0 Å². The maximum atomic E-state index is 11.9. The maximum Gasteiger partial charge on any atom is 0.251 e. The summed E-state index contributed by atoms with van der Waals surface area (Å²) in [5, 5.41) is 17.9. The molecule has 0 radical (unpaired) electrons. The zero-order valence-electron chi connectivity index (χ0n) is 11.5. The third kappa shape index (κ3) is 4.75. The zero-order valence-corrected chi connectivity index (χ0v) is 11.5. The van der Waals surface area contributed by atoms with E-state index >= 15 is 0 Å². The monoisotopic (exact) mass is 284 g/mol. The number of hydrogen-bond donors (Lipinski definition) is 3. The molecule has 0 atom stereocenters. The lowest BCUT2D eigenvalue weighted by Crippen LogP contribution is -2.25. The predicted molar refractivity (Wildman–Crippen MR) is 77.4 cm³/mol. The zero-order chi connectivity index (χ0) is 14.9. The highest BCUT2D eigenvalue weighted by molar-refractivity contribution is 5.94. The number of rotatable bonds is 5. The molecule has 0 saturated heterocycles. The van der Waals surface area contributed by atoms with Crippen LogP contribution >= 0.6 is 0 Å². The van der Waals surface area contributed by atoms with Gasteiger partial charge in [0.1, 0.15) is 12.2 Å². The molecule has 6 nitrogen and oxygen atoms in total. The van der Waals surface area contributed by atoms with E-state index in [-0.39, 0.29) is 12.5 Å². The predicted octanol–water partition coefficient (Wildman–Crippen LogP) is 0.511. The Balaban J connectivity index is 1.83. The Morgan fingerprint density at radius 1 is 1.33 bits per heavy atom. The van der Waals surface area contributed by atoms with Crippen molar-refractivity contribution < 1.29 is 9.90 Å². The van der Waals surface area contributed by atoms with Gasteiger partial charge in [0.15, 0.2) is 0 Å². The molecule has 6 heteroatoms. The summed E-state index contributed by atoms with van der Waals surface area (Å²) < 4.78 is 0. The van der Waals surface area contributed by atoms with Gasteiger partial charge >= 0.3 is 0 Å². The molecule has 0 saturated carbocycles. The molecule has 0 aliphatic rings. The van der Waals surface area contributed by atoms with Crippen LogP contribution in [0.25, 0.3) is 0 Å². The fourth-order valence-electron chi connectivity index (χ4n) is 1.67. The first-order chi connectivity index (χ1) is 10.3. The highest BCUT2D eigenvalue weighted by Gasteiger charge is 2.04. The Hall–Kier alpha value is -2.65. The normalized spacial score (nSPS) is 9.76. The van der Waals surface area contributed by atoms with Gasteiger partial charge < -0.3 is 10.4 Å². The molecule has 1 aromatic heterocycles. The van der Waals surface area contributed by atoms with E-state index < -0.39 is 0 Å². The fraction of sp³-hybridized carbons (Fsp3) is 0.267. The Morgan fingerprint density at radius 2 is 2.14 bits per heavy atom. The quantitative estimate of drug-likeness (QED) is 0.698. The summed E-state index contributed by atoms with van der Waals surface area (Å²) in [5.74, 6) is 6.35. The molecule has 2 rings (SSSR count). The number of amides is 1. The number of aromatic nitrogens is 3. The molecule has 0 unspecified atom stereocenters. The van der Waals surface area contributed by atoms with Gasteiger partial charge in [0.2, 0.25) is 0 Å². The lowest BCUT2D eigenvalue weighted by atomic mass is 10.1. The van der Waals surface area contributed by atoms with Crippen LogP contribution in [0.15, 0.2) is 30.6 Å². The van der Waals surface area contributed by atoms with E-state index in [9.17, 15) is 4.79 Å². The van der Waals surface area contributed by atoms with E-state index in [0.29, 0.717) is 24.9 Å². The highest BCUT2D eigenvalue weighted by Crippen LogP contribution is 2.03. The van der Waals surface area contributed by atoms with Gasteiger partial charge in [0, 0.05) is 30.5 Å². The van der Waals surface area contributed by atoms with Crippen molar-refractivity contribution in [2.24, 2.45) is 0 Å². The summed E-state index contributed by atoms with van der Waals surface area (Å²) in [4.78, 5) is 15.9. The van der Waals surface area contributed by atoms with Crippen molar-refractivity contribution in [1.82, 2.24) is 20.5 Å². The molecule has 0 fully saturated rings. The van der Waals surface area contributed by atoms with Crippen molar-refractivity contribution in [2.75, 3.05) is 13.2 Å². The smallest absolute Gasteiger partial charge is 0.251 e. The molecule has 1 heterocycles. The summed E-state index contributed by atoms with van der Waals surface area (Å²) in [6.45, 7) is 0.546. The number of hydrogen-bond acceptors (Lipinski definition) is 4. The van der Waals surface area contributed by atoms with E-state index in [4.69, 9.17) is 5.11 Å². The molecule has 1 aromatic carbocycles.